The molecule has 7 nitrogen and oxygen atoms in total. The second-order valence-corrected chi connectivity index (χ2v) is 6.89. The van der Waals surface area contributed by atoms with Crippen LogP contribution >= 0.6 is 0 Å². The lowest BCUT2D eigenvalue weighted by Crippen LogP contribution is -2.37. The molecule has 0 atom stereocenters. The average Bonchev–Trinajstić information content (AvgIpc) is 3.54. The Kier molecular flexibility index (Phi) is 4.65. The number of carbonyl (C=O) groups is 2. The van der Waals surface area contributed by atoms with Crippen LogP contribution in [0.25, 0.3) is 10.8 Å². The summed E-state index contributed by atoms with van der Waals surface area (Å²) in [6, 6.07) is 16.2. The lowest BCUT2D eigenvalue weighted by molar-refractivity contribution is -0.119. The Balaban J connectivity index is 1.70. The van der Waals surface area contributed by atoms with E-state index in [1.54, 1.807) is 31.3 Å². The number of likely N-dealkylation sites (N-methyl/N-ethyl adjacent to an activating group) is 1. The molecular weight excluding hydrogens is 356 g/mol. The third-order valence-electron chi connectivity index (χ3n) is 4.80. The number of rotatable bonds is 5. The van der Waals surface area contributed by atoms with Crippen LogP contribution in [0.15, 0.2) is 59.4 Å². The van der Waals surface area contributed by atoms with Crippen molar-refractivity contribution in [1.82, 2.24) is 15.1 Å². The molecule has 0 unspecified atom stereocenters. The fourth-order valence-corrected chi connectivity index (χ4v) is 3.02. The van der Waals surface area contributed by atoms with E-state index >= 15 is 0 Å². The van der Waals surface area contributed by atoms with Gasteiger partial charge in [0.1, 0.15) is 6.54 Å². The molecule has 1 saturated carbocycles. The van der Waals surface area contributed by atoms with Gasteiger partial charge in [0.05, 0.1) is 5.39 Å². The number of amides is 2. The molecule has 1 aliphatic carbocycles. The molecule has 0 aliphatic heterocycles. The van der Waals surface area contributed by atoms with Crippen molar-refractivity contribution in [2.24, 2.45) is 0 Å². The number of benzene rings is 2. The van der Waals surface area contributed by atoms with Crippen molar-refractivity contribution in [2.45, 2.75) is 25.4 Å². The summed E-state index contributed by atoms with van der Waals surface area (Å²) in [6.45, 7) is -0.251. The fraction of sp³-hybridized carbons (Fsp3) is 0.238. The Morgan fingerprint density at radius 1 is 1.07 bits per heavy atom. The average molecular weight is 376 g/mol. The largest absolute Gasteiger partial charge is 0.348 e. The van der Waals surface area contributed by atoms with Gasteiger partial charge in [0, 0.05) is 24.2 Å². The van der Waals surface area contributed by atoms with Gasteiger partial charge in [0.25, 0.3) is 11.5 Å². The van der Waals surface area contributed by atoms with Crippen molar-refractivity contribution in [3.05, 3.63) is 70.6 Å². The van der Waals surface area contributed by atoms with Crippen LogP contribution in [-0.4, -0.2) is 34.7 Å². The van der Waals surface area contributed by atoms with Crippen LogP contribution in [0.4, 0.5) is 5.69 Å². The first kappa shape index (κ1) is 17.9. The topological polar surface area (TPSA) is 84.3 Å². The van der Waals surface area contributed by atoms with Crippen molar-refractivity contribution in [1.29, 1.82) is 0 Å². The number of anilines is 1. The van der Waals surface area contributed by atoms with Gasteiger partial charge in [0.15, 0.2) is 5.69 Å². The lowest BCUT2D eigenvalue weighted by Gasteiger charge is -2.18. The molecule has 0 saturated heterocycles. The van der Waals surface area contributed by atoms with E-state index in [-0.39, 0.29) is 30.1 Å². The number of hydrogen-bond acceptors (Lipinski definition) is 4. The van der Waals surface area contributed by atoms with Crippen molar-refractivity contribution in [3.63, 3.8) is 0 Å². The molecule has 1 N–H and O–H groups in total. The molecule has 3 aromatic rings. The van der Waals surface area contributed by atoms with Crippen LogP contribution < -0.4 is 15.8 Å². The van der Waals surface area contributed by atoms with Gasteiger partial charge in [0.2, 0.25) is 5.91 Å². The Bertz CT molecular complexity index is 1100. The molecule has 2 aromatic carbocycles. The van der Waals surface area contributed by atoms with Gasteiger partial charge in [-0.3, -0.25) is 14.4 Å². The first-order chi connectivity index (χ1) is 13.5. The van der Waals surface area contributed by atoms with Crippen molar-refractivity contribution < 1.29 is 9.59 Å². The number of hydrogen-bond donors (Lipinski definition) is 1. The molecule has 7 heteroatoms. The van der Waals surface area contributed by atoms with Crippen molar-refractivity contribution in [2.75, 3.05) is 11.9 Å². The molecule has 1 aromatic heterocycles. The fourth-order valence-electron chi connectivity index (χ4n) is 3.02. The Morgan fingerprint density at radius 3 is 2.39 bits per heavy atom. The van der Waals surface area contributed by atoms with Crippen molar-refractivity contribution in [3.8, 4) is 0 Å². The minimum absolute atomic E-state index is 0.164. The second-order valence-electron chi connectivity index (χ2n) is 6.89. The quantitative estimate of drug-likeness (QED) is 0.738. The summed E-state index contributed by atoms with van der Waals surface area (Å²) in [5, 5.41) is 8.00. The number of nitrogens with one attached hydrogen (secondary N) is 1. The van der Waals surface area contributed by atoms with E-state index < -0.39 is 5.56 Å². The highest BCUT2D eigenvalue weighted by molar-refractivity contribution is 6.05. The zero-order valence-electron chi connectivity index (χ0n) is 15.5. The molecule has 1 heterocycles. The summed E-state index contributed by atoms with van der Waals surface area (Å²) in [6.07, 6.45) is 1.90. The normalized spacial score (nSPS) is 13.3. The Hall–Kier alpha value is -3.48. The predicted molar refractivity (Wildman–Crippen MR) is 106 cm³/mol. The molecule has 0 radical (unpaired) electrons. The number of carbonyl (C=O) groups excluding carboxylic acids is 2. The number of aromatic nitrogens is 2. The van der Waals surface area contributed by atoms with Crippen LogP contribution in [0, 0.1) is 0 Å². The molecule has 0 spiro atoms. The van der Waals surface area contributed by atoms with Gasteiger partial charge in [-0.15, -0.1) is 0 Å². The third-order valence-corrected chi connectivity index (χ3v) is 4.80. The molecular formula is C21H20N4O3. The zero-order chi connectivity index (χ0) is 19.7. The van der Waals surface area contributed by atoms with Crippen molar-refractivity contribution >= 4 is 28.3 Å². The van der Waals surface area contributed by atoms with Crippen LogP contribution in [-0.2, 0) is 11.3 Å². The summed E-state index contributed by atoms with van der Waals surface area (Å²) >= 11 is 0. The molecule has 4 rings (SSSR count). The maximum absolute atomic E-state index is 12.8. The maximum Gasteiger partial charge on any atom is 0.275 e. The summed E-state index contributed by atoms with van der Waals surface area (Å²) in [7, 11) is 1.64. The molecule has 0 bridgehead atoms. The van der Waals surface area contributed by atoms with E-state index in [9.17, 15) is 14.4 Å². The van der Waals surface area contributed by atoms with E-state index in [1.807, 2.05) is 30.3 Å². The monoisotopic (exact) mass is 376 g/mol. The Labute approximate surface area is 161 Å². The summed E-state index contributed by atoms with van der Waals surface area (Å²) < 4.78 is 1.08. The minimum atomic E-state index is -0.395. The predicted octanol–water partition coefficient (Wildman–Crippen LogP) is 1.95. The minimum Gasteiger partial charge on any atom is -0.348 e. The van der Waals surface area contributed by atoms with Gasteiger partial charge >= 0.3 is 0 Å². The summed E-state index contributed by atoms with van der Waals surface area (Å²) in [4.78, 5) is 39.6. The van der Waals surface area contributed by atoms with Crippen LogP contribution in [0.1, 0.15) is 23.3 Å². The van der Waals surface area contributed by atoms with E-state index in [4.69, 9.17) is 0 Å². The van der Waals surface area contributed by atoms with Crippen LogP contribution in [0.2, 0.25) is 0 Å². The number of para-hydroxylation sites is 1. The Morgan fingerprint density at radius 2 is 1.71 bits per heavy atom. The maximum atomic E-state index is 12.8. The SMILES string of the molecule is CN(C(=O)Cn1nc(C(=O)NC2CC2)c2ccccc2c1=O)c1ccccc1. The summed E-state index contributed by atoms with van der Waals surface area (Å²) in [5.74, 6) is -0.624. The lowest BCUT2D eigenvalue weighted by atomic mass is 10.1. The van der Waals surface area contributed by atoms with E-state index in [0.717, 1.165) is 17.5 Å². The molecule has 1 fully saturated rings. The zero-order valence-corrected chi connectivity index (χ0v) is 15.5. The smallest absolute Gasteiger partial charge is 0.275 e. The highest BCUT2D eigenvalue weighted by Crippen LogP contribution is 2.20. The molecule has 1 aliphatic rings. The second kappa shape index (κ2) is 7.26. The van der Waals surface area contributed by atoms with Crippen LogP contribution in [0.3, 0.4) is 0 Å². The van der Waals surface area contributed by atoms with Gasteiger partial charge in [-0.1, -0.05) is 36.4 Å². The van der Waals surface area contributed by atoms with Gasteiger partial charge in [-0.05, 0) is 31.0 Å². The summed E-state index contributed by atoms with van der Waals surface area (Å²) in [5.41, 5.74) is 0.485. The van der Waals surface area contributed by atoms with Gasteiger partial charge < -0.3 is 10.2 Å². The van der Waals surface area contributed by atoms with Gasteiger partial charge in [-0.2, -0.15) is 5.10 Å². The standard InChI is InChI=1S/C21H20N4O3/c1-24(15-7-3-2-4-8-15)18(26)13-25-21(28)17-10-6-5-9-16(17)19(23-25)20(27)22-14-11-12-14/h2-10,14H,11-13H2,1H3,(H,22,27). The van der Waals surface area contributed by atoms with Crippen LogP contribution in [0.5, 0.6) is 0 Å². The molecule has 2 amide bonds. The van der Waals surface area contributed by atoms with E-state index in [0.29, 0.717) is 16.5 Å². The third kappa shape index (κ3) is 3.51. The van der Waals surface area contributed by atoms with E-state index in [2.05, 4.69) is 10.4 Å². The highest BCUT2D eigenvalue weighted by atomic mass is 16.2. The number of nitrogens with zero attached hydrogens (tertiary/aromatic N) is 3. The van der Waals surface area contributed by atoms with E-state index in [1.165, 1.54) is 4.90 Å². The number of fused-ring (bicyclic) bond motifs is 1. The highest BCUT2D eigenvalue weighted by Gasteiger charge is 2.26. The molecule has 28 heavy (non-hydrogen) atoms. The molecule has 142 valence electrons. The first-order valence-corrected chi connectivity index (χ1v) is 9.17. The van der Waals surface area contributed by atoms with Gasteiger partial charge in [-0.25, -0.2) is 4.68 Å². The first-order valence-electron chi connectivity index (χ1n) is 9.17.